The number of hydrogen-bond donors (Lipinski definition) is 0. The van der Waals surface area contributed by atoms with Crippen LogP contribution in [0.1, 0.15) is 30.6 Å². The van der Waals surface area contributed by atoms with Crippen molar-refractivity contribution in [3.8, 4) is 22.7 Å². The molecule has 0 spiro atoms. The molecule has 0 fully saturated rings. The molecule has 8 heteroatoms. The Morgan fingerprint density at radius 2 is 1.44 bits per heavy atom. The van der Waals surface area contributed by atoms with Crippen LogP contribution in [0.4, 0.5) is 10.7 Å². The highest BCUT2D eigenvalue weighted by atomic mass is 32.1. The average Bonchev–Trinajstić information content (AvgIpc) is 3.49. The minimum atomic E-state index is -0.875. The van der Waals surface area contributed by atoms with E-state index in [0.29, 0.717) is 22.3 Å². The van der Waals surface area contributed by atoms with Gasteiger partial charge >= 0.3 is 6.09 Å². The van der Waals surface area contributed by atoms with Crippen molar-refractivity contribution in [3.05, 3.63) is 89.9 Å². The second kappa shape index (κ2) is 9.39. The van der Waals surface area contributed by atoms with E-state index in [0.717, 1.165) is 9.60 Å². The molecule has 0 aliphatic carbocycles. The summed E-state index contributed by atoms with van der Waals surface area (Å²) in [6.45, 7) is 5.21. The first kappa shape index (κ1) is 23.4. The highest BCUT2D eigenvalue weighted by molar-refractivity contribution is 7.20. The number of imide groups is 1. The van der Waals surface area contributed by atoms with Crippen molar-refractivity contribution in [2.75, 3.05) is 4.90 Å². The number of benzene rings is 3. The third-order valence-corrected chi connectivity index (χ3v) is 6.16. The van der Waals surface area contributed by atoms with Gasteiger partial charge in [0.1, 0.15) is 11.3 Å². The maximum absolute atomic E-state index is 13.9. The standard InChI is InChI=1S/C28H23N3O4S/c1-28(2,3)35-27(33)31(25(32)24-29-20-16-10-11-17-21(20)36-24)26-22(18-12-6-4-7-13-18)30-23(34-26)19-14-8-5-9-15-19/h4-17H,1-3H3. The molecule has 0 aliphatic heterocycles. The molecule has 0 atom stereocenters. The van der Waals surface area contributed by atoms with Crippen LogP contribution >= 0.6 is 11.3 Å². The monoisotopic (exact) mass is 497 g/mol. The highest BCUT2D eigenvalue weighted by Crippen LogP contribution is 2.37. The van der Waals surface area contributed by atoms with Crippen molar-refractivity contribution in [2.24, 2.45) is 0 Å². The van der Waals surface area contributed by atoms with Crippen LogP contribution < -0.4 is 4.90 Å². The second-order valence-corrected chi connectivity index (χ2v) is 10.0. The predicted octanol–water partition coefficient (Wildman–Crippen LogP) is 7.20. The van der Waals surface area contributed by atoms with E-state index in [1.807, 2.05) is 84.9 Å². The van der Waals surface area contributed by atoms with Gasteiger partial charge in [-0.3, -0.25) is 4.79 Å². The Morgan fingerprint density at radius 3 is 2.08 bits per heavy atom. The summed E-state index contributed by atoms with van der Waals surface area (Å²) in [5.74, 6) is -0.410. The molecule has 7 nitrogen and oxygen atoms in total. The molecule has 2 aromatic heterocycles. The Balaban J connectivity index is 1.69. The van der Waals surface area contributed by atoms with Gasteiger partial charge in [0.25, 0.3) is 5.91 Å². The van der Waals surface area contributed by atoms with Crippen molar-refractivity contribution >= 4 is 39.4 Å². The van der Waals surface area contributed by atoms with Crippen LogP contribution in [0.5, 0.6) is 0 Å². The number of anilines is 1. The summed E-state index contributed by atoms with van der Waals surface area (Å²) in [5.41, 5.74) is 1.55. The number of rotatable bonds is 4. The predicted molar refractivity (Wildman–Crippen MR) is 140 cm³/mol. The zero-order valence-corrected chi connectivity index (χ0v) is 20.8. The third kappa shape index (κ3) is 4.76. The van der Waals surface area contributed by atoms with Gasteiger partial charge in [-0.1, -0.05) is 60.7 Å². The summed E-state index contributed by atoms with van der Waals surface area (Å²) in [6, 6.07) is 26.0. The van der Waals surface area contributed by atoms with E-state index < -0.39 is 17.6 Å². The van der Waals surface area contributed by atoms with E-state index in [9.17, 15) is 9.59 Å². The molecule has 0 N–H and O–H groups in total. The van der Waals surface area contributed by atoms with Crippen LogP contribution in [0.25, 0.3) is 32.9 Å². The van der Waals surface area contributed by atoms with Crippen molar-refractivity contribution in [1.29, 1.82) is 0 Å². The second-order valence-electron chi connectivity index (χ2n) is 9.01. The molecule has 5 aromatic rings. The normalized spacial score (nSPS) is 11.4. The van der Waals surface area contributed by atoms with Crippen molar-refractivity contribution in [1.82, 2.24) is 9.97 Å². The fraction of sp³-hybridized carbons (Fsp3) is 0.143. The maximum Gasteiger partial charge on any atom is 0.424 e. The van der Waals surface area contributed by atoms with E-state index in [1.165, 1.54) is 11.3 Å². The molecule has 0 saturated carbocycles. The first-order chi connectivity index (χ1) is 17.3. The lowest BCUT2D eigenvalue weighted by Gasteiger charge is -2.24. The number of carbonyl (C=O) groups excluding carboxylic acids is 2. The first-order valence-electron chi connectivity index (χ1n) is 11.3. The molecule has 2 heterocycles. The van der Waals surface area contributed by atoms with Crippen molar-refractivity contribution < 1.29 is 18.7 Å². The molecule has 0 aliphatic rings. The Bertz CT molecular complexity index is 1500. The van der Waals surface area contributed by atoms with Gasteiger partial charge in [-0.15, -0.1) is 11.3 Å². The highest BCUT2D eigenvalue weighted by Gasteiger charge is 2.37. The Kier molecular flexibility index (Phi) is 6.12. The SMILES string of the molecule is CC(C)(C)OC(=O)N(C(=O)c1nc2ccccc2s1)c1oc(-c2ccccc2)nc1-c1ccccc1. The zero-order chi connectivity index (χ0) is 25.3. The number of ether oxygens (including phenoxy) is 1. The largest absolute Gasteiger partial charge is 0.443 e. The fourth-order valence-corrected chi connectivity index (χ4v) is 4.47. The summed E-state index contributed by atoms with van der Waals surface area (Å²) < 4.78 is 12.6. The van der Waals surface area contributed by atoms with Crippen LogP contribution in [-0.2, 0) is 4.74 Å². The molecule has 0 bridgehead atoms. The number of amides is 2. The number of oxazole rings is 1. The Morgan fingerprint density at radius 1 is 0.833 bits per heavy atom. The van der Waals surface area contributed by atoms with Crippen LogP contribution in [0, 0.1) is 0 Å². The van der Waals surface area contributed by atoms with Gasteiger partial charge in [-0.05, 0) is 45.0 Å². The lowest BCUT2D eigenvalue weighted by molar-refractivity contribution is 0.0558. The van der Waals surface area contributed by atoms with Crippen molar-refractivity contribution in [3.63, 3.8) is 0 Å². The van der Waals surface area contributed by atoms with Crippen LogP contribution in [0.2, 0.25) is 0 Å². The molecule has 2 amide bonds. The summed E-state index contributed by atoms with van der Waals surface area (Å²) in [4.78, 5) is 37.4. The topological polar surface area (TPSA) is 85.5 Å². The molecule has 0 radical (unpaired) electrons. The van der Waals surface area contributed by atoms with Gasteiger partial charge < -0.3 is 9.15 Å². The van der Waals surface area contributed by atoms with Gasteiger partial charge in [-0.2, -0.15) is 4.90 Å². The summed E-state index contributed by atoms with van der Waals surface area (Å²) in [7, 11) is 0. The number of thiazole rings is 1. The van der Waals surface area contributed by atoms with Crippen LogP contribution in [0.3, 0.4) is 0 Å². The minimum Gasteiger partial charge on any atom is -0.443 e. The van der Waals surface area contributed by atoms with Gasteiger partial charge in [0, 0.05) is 11.1 Å². The van der Waals surface area contributed by atoms with E-state index in [4.69, 9.17) is 9.15 Å². The maximum atomic E-state index is 13.9. The van der Waals surface area contributed by atoms with Gasteiger partial charge in [-0.25, -0.2) is 14.8 Å². The number of nitrogens with zero attached hydrogens (tertiary/aromatic N) is 3. The Hall–Kier alpha value is -4.30. The summed E-state index contributed by atoms with van der Waals surface area (Å²) in [6.07, 6.45) is -0.875. The lowest BCUT2D eigenvalue weighted by atomic mass is 10.1. The van der Waals surface area contributed by atoms with Crippen LogP contribution in [-0.4, -0.2) is 27.6 Å². The van der Waals surface area contributed by atoms with Gasteiger partial charge in [0.15, 0.2) is 5.01 Å². The average molecular weight is 498 g/mol. The number of carbonyl (C=O) groups is 2. The zero-order valence-electron chi connectivity index (χ0n) is 20.0. The molecule has 0 unspecified atom stereocenters. The van der Waals surface area contributed by atoms with E-state index in [-0.39, 0.29) is 16.8 Å². The van der Waals surface area contributed by atoms with Gasteiger partial charge in [0.2, 0.25) is 11.8 Å². The lowest BCUT2D eigenvalue weighted by Crippen LogP contribution is -2.41. The Labute approximate surface area is 212 Å². The molecular formula is C28H23N3O4S. The molecular weight excluding hydrogens is 474 g/mol. The van der Waals surface area contributed by atoms with Crippen LogP contribution in [0.15, 0.2) is 89.3 Å². The van der Waals surface area contributed by atoms with E-state index in [2.05, 4.69) is 9.97 Å². The first-order valence-corrected chi connectivity index (χ1v) is 12.2. The fourth-order valence-electron chi connectivity index (χ4n) is 3.58. The number of para-hydroxylation sites is 1. The van der Waals surface area contributed by atoms with Gasteiger partial charge in [0.05, 0.1) is 10.2 Å². The minimum absolute atomic E-state index is 0.0291. The number of fused-ring (bicyclic) bond motifs is 1. The van der Waals surface area contributed by atoms with Crippen molar-refractivity contribution in [2.45, 2.75) is 26.4 Å². The quantitative estimate of drug-likeness (QED) is 0.261. The van der Waals surface area contributed by atoms with E-state index in [1.54, 1.807) is 20.8 Å². The molecule has 5 rings (SSSR count). The third-order valence-electron chi connectivity index (χ3n) is 5.14. The molecule has 0 saturated heterocycles. The molecule has 3 aromatic carbocycles. The molecule has 36 heavy (non-hydrogen) atoms. The van der Waals surface area contributed by atoms with E-state index >= 15 is 0 Å². The smallest absolute Gasteiger partial charge is 0.424 e. The summed E-state index contributed by atoms with van der Waals surface area (Å²) in [5, 5.41) is 0.138. The number of aromatic nitrogens is 2. The molecule has 180 valence electrons. The summed E-state index contributed by atoms with van der Waals surface area (Å²) >= 11 is 1.20. The number of hydrogen-bond acceptors (Lipinski definition) is 7.